The van der Waals surface area contributed by atoms with Crippen molar-refractivity contribution in [3.05, 3.63) is 65.9 Å². The number of piperazine rings is 1. The largest absolute Gasteiger partial charge is 0.338 e. The van der Waals surface area contributed by atoms with Gasteiger partial charge in [0.1, 0.15) is 18.1 Å². The number of rotatable bonds is 5. The third-order valence-electron chi connectivity index (χ3n) is 5.88. The second-order valence-corrected chi connectivity index (χ2v) is 8.24. The highest BCUT2D eigenvalue weighted by atomic mass is 19.1. The quantitative estimate of drug-likeness (QED) is 0.451. The molecule has 1 saturated heterocycles. The maximum atomic E-state index is 13.7. The summed E-state index contributed by atoms with van der Waals surface area (Å²) < 4.78 is 20.5. The molecule has 1 fully saturated rings. The molecular formula is C24H24FN7O2. The summed E-state index contributed by atoms with van der Waals surface area (Å²) in [5, 5.41) is 8.63. The van der Waals surface area contributed by atoms with E-state index in [1.807, 2.05) is 46.2 Å². The van der Waals surface area contributed by atoms with Crippen molar-refractivity contribution in [2.75, 3.05) is 31.1 Å². The first-order chi connectivity index (χ1) is 16.5. The Labute approximate surface area is 195 Å². The number of anilines is 1. The standard InChI is InChI=1S/C24H24FN7O2/c1-16-12-20(26-14-19(16)25)21-13-22(18-6-4-3-5-7-18)32(28-21)15-23(33)30-8-10-31(11-9-30)24-27-17(2)34-29-24/h3-7,12-14H,8-11,15H2,1-2H3. The Morgan fingerprint density at radius 2 is 1.82 bits per heavy atom. The van der Waals surface area contributed by atoms with E-state index in [0.29, 0.717) is 55.0 Å². The lowest BCUT2D eigenvalue weighted by Crippen LogP contribution is -2.50. The number of halogens is 1. The second-order valence-electron chi connectivity index (χ2n) is 8.24. The van der Waals surface area contributed by atoms with Gasteiger partial charge in [0.15, 0.2) is 0 Å². The SMILES string of the molecule is Cc1nc(N2CCN(C(=O)Cn3nc(-c4cc(C)c(F)cn4)cc3-c3ccccc3)CC2)no1. The molecule has 0 atom stereocenters. The van der Waals surface area contributed by atoms with Crippen LogP contribution in [0.1, 0.15) is 11.5 Å². The fourth-order valence-electron chi connectivity index (χ4n) is 3.98. The van der Waals surface area contributed by atoms with Gasteiger partial charge in [0.2, 0.25) is 11.8 Å². The van der Waals surface area contributed by atoms with Crippen LogP contribution in [-0.4, -0.2) is 61.9 Å². The number of nitrogens with zero attached hydrogens (tertiary/aromatic N) is 7. The third kappa shape index (κ3) is 4.39. The van der Waals surface area contributed by atoms with Crippen LogP contribution >= 0.6 is 0 Å². The Bertz CT molecular complexity index is 1310. The van der Waals surface area contributed by atoms with Crippen LogP contribution in [0.4, 0.5) is 10.3 Å². The van der Waals surface area contributed by atoms with E-state index in [2.05, 4.69) is 20.2 Å². The maximum Gasteiger partial charge on any atom is 0.266 e. The van der Waals surface area contributed by atoms with Gasteiger partial charge in [0.25, 0.3) is 5.95 Å². The van der Waals surface area contributed by atoms with Gasteiger partial charge in [-0.15, -0.1) is 0 Å². The smallest absolute Gasteiger partial charge is 0.266 e. The Morgan fingerprint density at radius 1 is 1.06 bits per heavy atom. The summed E-state index contributed by atoms with van der Waals surface area (Å²) >= 11 is 0. The average Bonchev–Trinajstić information content (AvgIpc) is 3.48. The van der Waals surface area contributed by atoms with Crippen molar-refractivity contribution in [2.45, 2.75) is 20.4 Å². The molecule has 34 heavy (non-hydrogen) atoms. The highest BCUT2D eigenvalue weighted by Crippen LogP contribution is 2.26. The van der Waals surface area contributed by atoms with E-state index in [1.54, 1.807) is 24.6 Å². The van der Waals surface area contributed by atoms with Crippen molar-refractivity contribution in [1.29, 1.82) is 0 Å². The van der Waals surface area contributed by atoms with E-state index in [-0.39, 0.29) is 18.3 Å². The molecule has 0 unspecified atom stereocenters. The van der Waals surface area contributed by atoms with Gasteiger partial charge in [-0.05, 0) is 35.3 Å². The molecule has 0 N–H and O–H groups in total. The molecule has 1 aliphatic heterocycles. The molecule has 0 spiro atoms. The summed E-state index contributed by atoms with van der Waals surface area (Å²) in [7, 11) is 0. The van der Waals surface area contributed by atoms with Crippen LogP contribution in [0.5, 0.6) is 0 Å². The number of hydrogen-bond donors (Lipinski definition) is 0. The van der Waals surface area contributed by atoms with Crippen LogP contribution in [0, 0.1) is 19.7 Å². The molecule has 1 aliphatic rings. The molecule has 0 radical (unpaired) electrons. The predicted octanol–water partition coefficient (Wildman–Crippen LogP) is 3.10. The maximum absolute atomic E-state index is 13.7. The number of amides is 1. The van der Waals surface area contributed by atoms with Gasteiger partial charge in [-0.25, -0.2) is 4.39 Å². The molecule has 3 aromatic heterocycles. The summed E-state index contributed by atoms with van der Waals surface area (Å²) in [5.41, 5.74) is 3.38. The van der Waals surface area contributed by atoms with Crippen LogP contribution in [0.2, 0.25) is 0 Å². The first kappa shape index (κ1) is 21.7. The first-order valence-electron chi connectivity index (χ1n) is 11.1. The Kier molecular flexibility index (Phi) is 5.79. The number of benzene rings is 1. The highest BCUT2D eigenvalue weighted by molar-refractivity contribution is 5.78. The van der Waals surface area contributed by atoms with Crippen LogP contribution in [0.3, 0.4) is 0 Å². The second kappa shape index (κ2) is 9.05. The van der Waals surface area contributed by atoms with Crippen molar-refractivity contribution >= 4 is 11.9 Å². The zero-order chi connectivity index (χ0) is 23.7. The zero-order valence-corrected chi connectivity index (χ0v) is 19.0. The van der Waals surface area contributed by atoms with Gasteiger partial charge >= 0.3 is 0 Å². The molecule has 5 rings (SSSR count). The lowest BCUT2D eigenvalue weighted by atomic mass is 10.1. The molecule has 174 valence electrons. The number of carbonyl (C=O) groups excluding carboxylic acids is 1. The summed E-state index contributed by atoms with van der Waals surface area (Å²) in [6.45, 7) is 5.89. The van der Waals surface area contributed by atoms with Crippen molar-refractivity contribution in [3.63, 3.8) is 0 Å². The predicted molar refractivity (Wildman–Crippen MR) is 123 cm³/mol. The monoisotopic (exact) mass is 461 g/mol. The van der Waals surface area contributed by atoms with Crippen molar-refractivity contribution in [2.24, 2.45) is 0 Å². The van der Waals surface area contributed by atoms with E-state index >= 15 is 0 Å². The van der Waals surface area contributed by atoms with Gasteiger partial charge < -0.3 is 14.3 Å². The van der Waals surface area contributed by atoms with Crippen molar-refractivity contribution in [3.8, 4) is 22.6 Å². The lowest BCUT2D eigenvalue weighted by Gasteiger charge is -2.34. The van der Waals surface area contributed by atoms with Crippen LogP contribution in [-0.2, 0) is 11.3 Å². The van der Waals surface area contributed by atoms with E-state index in [1.165, 1.54) is 6.20 Å². The number of aryl methyl sites for hydroxylation is 2. The molecule has 9 nitrogen and oxygen atoms in total. The van der Waals surface area contributed by atoms with E-state index in [4.69, 9.17) is 4.52 Å². The molecule has 1 amide bonds. The van der Waals surface area contributed by atoms with Crippen LogP contribution in [0.25, 0.3) is 22.6 Å². The number of hydrogen-bond acceptors (Lipinski definition) is 7. The molecule has 1 aromatic carbocycles. The molecule has 4 aromatic rings. The Hall–Kier alpha value is -4.08. The van der Waals surface area contributed by atoms with Crippen LogP contribution < -0.4 is 4.90 Å². The number of pyridine rings is 1. The van der Waals surface area contributed by atoms with Gasteiger partial charge in [-0.3, -0.25) is 14.5 Å². The fraction of sp³-hybridized carbons (Fsp3) is 0.292. The molecule has 0 bridgehead atoms. The highest BCUT2D eigenvalue weighted by Gasteiger charge is 2.25. The van der Waals surface area contributed by atoms with Gasteiger partial charge in [0.05, 0.1) is 17.6 Å². The summed E-state index contributed by atoms with van der Waals surface area (Å²) in [4.78, 5) is 25.5. The molecule has 10 heteroatoms. The molecule has 4 heterocycles. The third-order valence-corrected chi connectivity index (χ3v) is 5.88. The van der Waals surface area contributed by atoms with Crippen LogP contribution in [0.15, 0.2) is 53.2 Å². The normalized spacial score (nSPS) is 14.0. The molecule has 0 aliphatic carbocycles. The Balaban J connectivity index is 1.36. The van der Waals surface area contributed by atoms with Gasteiger partial charge in [-0.1, -0.05) is 30.3 Å². The van der Waals surface area contributed by atoms with Crippen molar-refractivity contribution in [1.82, 2.24) is 29.8 Å². The van der Waals surface area contributed by atoms with Gasteiger partial charge in [-0.2, -0.15) is 10.1 Å². The summed E-state index contributed by atoms with van der Waals surface area (Å²) in [6.07, 6.45) is 1.20. The minimum atomic E-state index is -0.364. The topological polar surface area (TPSA) is 93.2 Å². The minimum Gasteiger partial charge on any atom is -0.338 e. The summed E-state index contributed by atoms with van der Waals surface area (Å²) in [6, 6.07) is 13.3. The van der Waals surface area contributed by atoms with E-state index in [9.17, 15) is 9.18 Å². The lowest BCUT2D eigenvalue weighted by molar-refractivity contribution is -0.132. The molecule has 0 saturated carbocycles. The average molecular weight is 462 g/mol. The van der Waals surface area contributed by atoms with Gasteiger partial charge in [0, 0.05) is 33.1 Å². The summed E-state index contributed by atoms with van der Waals surface area (Å²) in [5.74, 6) is 0.674. The Morgan fingerprint density at radius 3 is 2.50 bits per heavy atom. The first-order valence-corrected chi connectivity index (χ1v) is 11.1. The molecular weight excluding hydrogens is 437 g/mol. The van der Waals surface area contributed by atoms with E-state index in [0.717, 1.165) is 11.3 Å². The number of carbonyl (C=O) groups is 1. The van der Waals surface area contributed by atoms with Crippen molar-refractivity contribution < 1.29 is 13.7 Å². The van der Waals surface area contributed by atoms with E-state index < -0.39 is 0 Å². The fourth-order valence-corrected chi connectivity index (χ4v) is 3.98. The number of aromatic nitrogens is 5. The zero-order valence-electron chi connectivity index (χ0n) is 19.0. The minimum absolute atomic E-state index is 0.0287.